The number of methoxy groups -OCH3 is 1. The number of esters is 1. The lowest BCUT2D eigenvalue weighted by molar-refractivity contribution is -0.143. The van der Waals surface area contributed by atoms with E-state index in [0.717, 1.165) is 18.4 Å². The molecule has 0 aromatic heterocycles. The van der Waals surface area contributed by atoms with Crippen molar-refractivity contribution >= 4 is 12.1 Å². The van der Waals surface area contributed by atoms with E-state index in [2.05, 4.69) is 4.74 Å². The van der Waals surface area contributed by atoms with Crippen LogP contribution in [0.5, 0.6) is 0 Å². The molecule has 2 atom stereocenters. The molecule has 1 aromatic carbocycles. The fraction of sp³-hybridized carbons (Fsp3) is 0.529. The van der Waals surface area contributed by atoms with Crippen molar-refractivity contribution in [3.05, 3.63) is 35.9 Å². The lowest BCUT2D eigenvalue weighted by atomic mass is 9.91. The number of ether oxygens (including phenoxy) is 2. The molecule has 6 heteroatoms. The number of benzene rings is 1. The number of amides is 1. The van der Waals surface area contributed by atoms with Gasteiger partial charge in [-0.2, -0.15) is 0 Å². The van der Waals surface area contributed by atoms with E-state index in [9.17, 15) is 14.7 Å². The fourth-order valence-electron chi connectivity index (χ4n) is 2.72. The summed E-state index contributed by atoms with van der Waals surface area (Å²) in [6.45, 7) is 1.23. The first-order valence-corrected chi connectivity index (χ1v) is 7.80. The average molecular weight is 321 g/mol. The van der Waals surface area contributed by atoms with E-state index in [4.69, 9.17) is 4.74 Å². The van der Waals surface area contributed by atoms with Crippen molar-refractivity contribution in [3.63, 3.8) is 0 Å². The number of hydrogen-bond acceptors (Lipinski definition) is 5. The highest BCUT2D eigenvalue weighted by Gasteiger charge is 2.30. The van der Waals surface area contributed by atoms with Crippen molar-refractivity contribution < 1.29 is 24.2 Å². The van der Waals surface area contributed by atoms with E-state index in [0.29, 0.717) is 13.1 Å². The molecular weight excluding hydrogens is 298 g/mol. The molecule has 1 aliphatic rings. The van der Waals surface area contributed by atoms with Crippen molar-refractivity contribution in [2.75, 3.05) is 20.2 Å². The van der Waals surface area contributed by atoms with Gasteiger partial charge in [-0.05, 0) is 18.4 Å². The van der Waals surface area contributed by atoms with Crippen molar-refractivity contribution in [2.45, 2.75) is 32.0 Å². The van der Waals surface area contributed by atoms with Crippen LogP contribution < -0.4 is 0 Å². The number of carbonyl (C=O) groups excluding carboxylic acids is 2. The standard InChI is InChI=1S/C17H23NO5/c1-22-16(20)10-15(19)14-8-5-9-18(11-14)17(21)23-12-13-6-3-2-4-7-13/h2-4,6-7,14-15,19H,5,8-12H2,1H3/t14-,15+/m0/s1. The molecule has 1 aromatic rings. The maximum atomic E-state index is 12.1. The molecule has 1 aliphatic heterocycles. The minimum Gasteiger partial charge on any atom is -0.469 e. The maximum Gasteiger partial charge on any atom is 0.410 e. The van der Waals surface area contributed by atoms with Crippen molar-refractivity contribution in [1.82, 2.24) is 4.90 Å². The summed E-state index contributed by atoms with van der Waals surface area (Å²) in [5.41, 5.74) is 0.931. The SMILES string of the molecule is COC(=O)C[C@@H](O)[C@H]1CCCN(C(=O)OCc2ccccc2)C1. The third kappa shape index (κ3) is 5.25. The minimum atomic E-state index is -0.799. The predicted octanol–water partition coefficient (Wildman–Crippen LogP) is 1.96. The lowest BCUT2D eigenvalue weighted by Crippen LogP contribution is -2.44. The van der Waals surface area contributed by atoms with E-state index in [1.54, 1.807) is 4.90 Å². The van der Waals surface area contributed by atoms with Gasteiger partial charge >= 0.3 is 12.1 Å². The summed E-state index contributed by atoms with van der Waals surface area (Å²) in [4.78, 5) is 25.0. The normalized spacial score (nSPS) is 19.0. The van der Waals surface area contributed by atoms with E-state index in [1.807, 2.05) is 30.3 Å². The Morgan fingerprint density at radius 3 is 2.78 bits per heavy atom. The number of nitrogens with zero attached hydrogens (tertiary/aromatic N) is 1. The zero-order chi connectivity index (χ0) is 16.7. The predicted molar refractivity (Wildman–Crippen MR) is 83.6 cm³/mol. The topological polar surface area (TPSA) is 76.1 Å². The molecule has 1 amide bonds. The Bertz CT molecular complexity index is 519. The second kappa shape index (κ2) is 8.53. The number of aliphatic hydroxyl groups excluding tert-OH is 1. The number of hydrogen-bond donors (Lipinski definition) is 1. The van der Waals surface area contributed by atoms with Crippen LogP contribution >= 0.6 is 0 Å². The van der Waals surface area contributed by atoms with Crippen LogP contribution in [0.25, 0.3) is 0 Å². The number of carbonyl (C=O) groups is 2. The van der Waals surface area contributed by atoms with E-state index in [-0.39, 0.29) is 25.0 Å². The quantitative estimate of drug-likeness (QED) is 0.839. The first-order valence-electron chi connectivity index (χ1n) is 7.80. The first kappa shape index (κ1) is 17.3. The van der Waals surface area contributed by atoms with Crippen LogP contribution in [-0.2, 0) is 20.9 Å². The fourth-order valence-corrected chi connectivity index (χ4v) is 2.72. The molecule has 0 spiro atoms. The van der Waals surface area contributed by atoms with Crippen molar-refractivity contribution in [3.8, 4) is 0 Å². The van der Waals surface area contributed by atoms with Gasteiger partial charge in [-0.1, -0.05) is 30.3 Å². The molecule has 0 radical (unpaired) electrons. The highest BCUT2D eigenvalue weighted by molar-refractivity contribution is 5.70. The van der Waals surface area contributed by atoms with Crippen LogP contribution in [0.4, 0.5) is 4.79 Å². The molecule has 1 N–H and O–H groups in total. The van der Waals surface area contributed by atoms with E-state index in [1.165, 1.54) is 7.11 Å². The van der Waals surface area contributed by atoms with Gasteiger partial charge < -0.3 is 19.5 Å². The zero-order valence-electron chi connectivity index (χ0n) is 13.3. The van der Waals surface area contributed by atoms with Gasteiger partial charge in [0.05, 0.1) is 19.6 Å². The van der Waals surface area contributed by atoms with Gasteiger partial charge in [-0.25, -0.2) is 4.79 Å². The summed E-state index contributed by atoms with van der Waals surface area (Å²) in [7, 11) is 1.29. The van der Waals surface area contributed by atoms with Gasteiger partial charge in [0.2, 0.25) is 0 Å². The van der Waals surface area contributed by atoms with Gasteiger partial charge in [-0.15, -0.1) is 0 Å². The molecular formula is C17H23NO5. The number of rotatable bonds is 5. The molecule has 0 unspecified atom stereocenters. The Hall–Kier alpha value is -2.08. The third-order valence-corrected chi connectivity index (χ3v) is 4.07. The summed E-state index contributed by atoms with van der Waals surface area (Å²) < 4.78 is 9.88. The van der Waals surface area contributed by atoms with Gasteiger partial charge in [0.1, 0.15) is 6.61 Å². The number of aliphatic hydroxyl groups is 1. The molecule has 0 bridgehead atoms. The second-order valence-corrected chi connectivity index (χ2v) is 5.74. The molecule has 23 heavy (non-hydrogen) atoms. The molecule has 6 nitrogen and oxygen atoms in total. The van der Waals surface area contributed by atoms with Gasteiger partial charge in [0, 0.05) is 19.0 Å². The molecule has 1 fully saturated rings. The first-order chi connectivity index (χ1) is 11.1. The Morgan fingerprint density at radius 1 is 1.35 bits per heavy atom. The van der Waals surface area contributed by atoms with E-state index >= 15 is 0 Å². The van der Waals surface area contributed by atoms with Crippen LogP contribution in [0.2, 0.25) is 0 Å². The summed E-state index contributed by atoms with van der Waals surface area (Å²) in [6.07, 6.45) is 0.328. The van der Waals surface area contributed by atoms with Crippen LogP contribution in [0.1, 0.15) is 24.8 Å². The Morgan fingerprint density at radius 2 is 2.09 bits per heavy atom. The Kier molecular flexibility index (Phi) is 6.40. The summed E-state index contributed by atoms with van der Waals surface area (Å²) in [6, 6.07) is 9.48. The molecule has 0 aliphatic carbocycles. The lowest BCUT2D eigenvalue weighted by Gasteiger charge is -2.34. The molecule has 2 rings (SSSR count). The van der Waals surface area contributed by atoms with Crippen LogP contribution in [-0.4, -0.2) is 48.4 Å². The molecule has 1 saturated heterocycles. The van der Waals surface area contributed by atoms with E-state index < -0.39 is 12.1 Å². The molecule has 1 heterocycles. The summed E-state index contributed by atoms with van der Waals surface area (Å²) >= 11 is 0. The molecule has 126 valence electrons. The number of piperidine rings is 1. The smallest absolute Gasteiger partial charge is 0.410 e. The highest BCUT2D eigenvalue weighted by atomic mass is 16.6. The number of likely N-dealkylation sites (tertiary alicyclic amines) is 1. The van der Waals surface area contributed by atoms with Crippen LogP contribution in [0.3, 0.4) is 0 Å². The summed E-state index contributed by atoms with van der Waals surface area (Å²) in [5.74, 6) is -0.576. The average Bonchev–Trinajstić information content (AvgIpc) is 2.60. The monoisotopic (exact) mass is 321 g/mol. The maximum absolute atomic E-state index is 12.1. The highest BCUT2D eigenvalue weighted by Crippen LogP contribution is 2.22. The third-order valence-electron chi connectivity index (χ3n) is 4.07. The van der Waals surface area contributed by atoms with Crippen LogP contribution in [0, 0.1) is 5.92 Å². The van der Waals surface area contributed by atoms with Crippen LogP contribution in [0.15, 0.2) is 30.3 Å². The Labute approximate surface area is 136 Å². The Balaban J connectivity index is 1.82. The second-order valence-electron chi connectivity index (χ2n) is 5.74. The van der Waals surface area contributed by atoms with Crippen molar-refractivity contribution in [2.24, 2.45) is 5.92 Å². The van der Waals surface area contributed by atoms with Gasteiger partial charge in [0.25, 0.3) is 0 Å². The summed E-state index contributed by atoms with van der Waals surface area (Å²) in [5, 5.41) is 10.1. The van der Waals surface area contributed by atoms with Gasteiger partial charge in [-0.3, -0.25) is 4.79 Å². The molecule has 0 saturated carbocycles. The largest absolute Gasteiger partial charge is 0.469 e. The zero-order valence-corrected chi connectivity index (χ0v) is 13.3. The minimum absolute atomic E-state index is 0.0475. The van der Waals surface area contributed by atoms with Gasteiger partial charge in [0.15, 0.2) is 0 Å². The van der Waals surface area contributed by atoms with Crippen molar-refractivity contribution in [1.29, 1.82) is 0 Å².